The molecule has 1 fully saturated rings. The molecule has 150 valence electrons. The highest BCUT2D eigenvalue weighted by Crippen LogP contribution is 2.32. The molecule has 3 rings (SSSR count). The molecule has 0 spiro atoms. The molecule has 0 bridgehead atoms. The second kappa shape index (κ2) is 7.99. The molecular weight excluding hydrogens is 380 g/mol. The summed E-state index contributed by atoms with van der Waals surface area (Å²) in [6.07, 6.45) is -5.11. The lowest BCUT2D eigenvalue weighted by Gasteiger charge is -2.34. The van der Waals surface area contributed by atoms with Crippen molar-refractivity contribution < 1.29 is 27.1 Å². The lowest BCUT2D eigenvalue weighted by Crippen LogP contribution is -2.49. The molecule has 1 aromatic heterocycles. The van der Waals surface area contributed by atoms with Crippen LogP contribution in [0.5, 0.6) is 0 Å². The number of hydrogen-bond acceptors (Lipinski definition) is 5. The van der Waals surface area contributed by atoms with Gasteiger partial charge in [0.1, 0.15) is 5.82 Å². The van der Waals surface area contributed by atoms with E-state index >= 15 is 0 Å². The molecule has 0 atom stereocenters. The number of piperazine rings is 1. The Kier molecular flexibility index (Phi) is 5.66. The third kappa shape index (κ3) is 4.49. The lowest BCUT2D eigenvalue weighted by atomic mass is 10.1. The van der Waals surface area contributed by atoms with Gasteiger partial charge < -0.3 is 14.5 Å². The molecule has 1 saturated heterocycles. The minimum atomic E-state index is -4.65. The summed E-state index contributed by atoms with van der Waals surface area (Å²) in [5.74, 6) is -0.582. The minimum absolute atomic E-state index is 0.0464. The third-order valence-electron chi connectivity index (χ3n) is 4.23. The van der Waals surface area contributed by atoms with E-state index in [1.807, 2.05) is 0 Å². The standard InChI is InChI=1S/C18H18F4N4O2/c1-2-28-17(27)26-9-7-25(8-10-26)16-23-14(11-15(24-16)18(20,21)22)12-3-5-13(19)6-4-12/h3-6,11H,2,7-10H2,1H3. The fourth-order valence-corrected chi connectivity index (χ4v) is 2.79. The number of carbonyl (C=O) groups is 1. The molecule has 0 saturated carbocycles. The maximum Gasteiger partial charge on any atom is 0.433 e. The highest BCUT2D eigenvalue weighted by Gasteiger charge is 2.35. The Labute approximate surface area is 158 Å². The van der Waals surface area contributed by atoms with E-state index in [2.05, 4.69) is 9.97 Å². The van der Waals surface area contributed by atoms with Crippen LogP contribution in [0.3, 0.4) is 0 Å². The number of benzene rings is 1. The van der Waals surface area contributed by atoms with Crippen LogP contribution in [0.1, 0.15) is 12.6 Å². The van der Waals surface area contributed by atoms with Crippen molar-refractivity contribution in [3.63, 3.8) is 0 Å². The molecule has 1 aliphatic rings. The van der Waals surface area contributed by atoms with Crippen LogP contribution in [0.15, 0.2) is 30.3 Å². The lowest BCUT2D eigenvalue weighted by molar-refractivity contribution is -0.141. The summed E-state index contributed by atoms with van der Waals surface area (Å²) in [5.41, 5.74) is -0.685. The topological polar surface area (TPSA) is 58.6 Å². The Morgan fingerprint density at radius 3 is 2.32 bits per heavy atom. The van der Waals surface area contributed by atoms with Crippen molar-refractivity contribution in [3.8, 4) is 11.3 Å². The van der Waals surface area contributed by atoms with Crippen molar-refractivity contribution in [3.05, 3.63) is 41.8 Å². The fraction of sp³-hybridized carbons (Fsp3) is 0.389. The molecule has 0 aliphatic carbocycles. The number of halogens is 4. The number of ether oxygens (including phenoxy) is 1. The second-order valence-electron chi connectivity index (χ2n) is 6.12. The number of carbonyl (C=O) groups excluding carboxylic acids is 1. The first-order valence-electron chi connectivity index (χ1n) is 8.67. The zero-order chi connectivity index (χ0) is 20.3. The van der Waals surface area contributed by atoms with Crippen LogP contribution in [0.4, 0.5) is 28.3 Å². The smallest absolute Gasteiger partial charge is 0.433 e. The Hall–Kier alpha value is -2.91. The van der Waals surface area contributed by atoms with Gasteiger partial charge in [0, 0.05) is 31.7 Å². The van der Waals surface area contributed by atoms with Gasteiger partial charge in [0.05, 0.1) is 12.3 Å². The zero-order valence-electron chi connectivity index (χ0n) is 15.0. The summed E-state index contributed by atoms with van der Waals surface area (Å²) in [4.78, 5) is 22.7. The van der Waals surface area contributed by atoms with Crippen molar-refractivity contribution in [2.24, 2.45) is 0 Å². The Balaban J connectivity index is 1.87. The molecule has 2 aromatic rings. The van der Waals surface area contributed by atoms with E-state index in [1.165, 1.54) is 17.0 Å². The maximum atomic E-state index is 13.3. The van der Waals surface area contributed by atoms with Crippen LogP contribution in [-0.4, -0.2) is 53.7 Å². The van der Waals surface area contributed by atoms with Gasteiger partial charge in [-0.05, 0) is 37.3 Å². The number of amides is 1. The first kappa shape index (κ1) is 19.8. The Bertz CT molecular complexity index is 834. The van der Waals surface area contributed by atoms with Crippen molar-refractivity contribution in [2.45, 2.75) is 13.1 Å². The third-order valence-corrected chi connectivity index (χ3v) is 4.23. The normalized spacial score (nSPS) is 14.9. The monoisotopic (exact) mass is 398 g/mol. The molecule has 0 N–H and O–H groups in total. The van der Waals surface area contributed by atoms with E-state index in [1.54, 1.807) is 11.8 Å². The average Bonchev–Trinajstić information content (AvgIpc) is 2.68. The van der Waals surface area contributed by atoms with Crippen LogP contribution in [0.25, 0.3) is 11.3 Å². The number of nitrogens with zero attached hydrogens (tertiary/aromatic N) is 4. The molecule has 28 heavy (non-hydrogen) atoms. The van der Waals surface area contributed by atoms with Gasteiger partial charge in [-0.25, -0.2) is 19.2 Å². The number of aromatic nitrogens is 2. The molecule has 1 aliphatic heterocycles. The predicted octanol–water partition coefficient (Wildman–Crippen LogP) is 3.58. The van der Waals surface area contributed by atoms with Gasteiger partial charge in [-0.1, -0.05) is 0 Å². The molecule has 6 nitrogen and oxygen atoms in total. The molecule has 1 amide bonds. The fourth-order valence-electron chi connectivity index (χ4n) is 2.79. The summed E-state index contributed by atoms with van der Waals surface area (Å²) in [6.45, 7) is 3.04. The van der Waals surface area contributed by atoms with E-state index in [4.69, 9.17) is 4.74 Å². The molecule has 10 heteroatoms. The van der Waals surface area contributed by atoms with Gasteiger partial charge in [0.25, 0.3) is 0 Å². The Morgan fingerprint density at radius 1 is 1.11 bits per heavy atom. The van der Waals surface area contributed by atoms with Crippen LogP contribution < -0.4 is 4.90 Å². The summed E-state index contributed by atoms with van der Waals surface area (Å²) < 4.78 is 58.0. The van der Waals surface area contributed by atoms with Crippen molar-refractivity contribution >= 4 is 12.0 Å². The number of alkyl halides is 3. The van der Waals surface area contributed by atoms with Gasteiger partial charge in [-0.15, -0.1) is 0 Å². The largest absolute Gasteiger partial charge is 0.450 e. The van der Waals surface area contributed by atoms with E-state index in [-0.39, 0.29) is 44.4 Å². The summed E-state index contributed by atoms with van der Waals surface area (Å²) in [6, 6.07) is 5.87. The van der Waals surface area contributed by atoms with Gasteiger partial charge in [0.15, 0.2) is 5.69 Å². The van der Waals surface area contributed by atoms with Crippen molar-refractivity contribution in [1.82, 2.24) is 14.9 Å². The molecule has 0 unspecified atom stereocenters. The highest BCUT2D eigenvalue weighted by atomic mass is 19.4. The summed E-state index contributed by atoms with van der Waals surface area (Å²) >= 11 is 0. The number of hydrogen-bond donors (Lipinski definition) is 0. The molecule has 0 radical (unpaired) electrons. The molecular formula is C18H18F4N4O2. The number of rotatable bonds is 3. The van der Waals surface area contributed by atoms with Crippen LogP contribution in [-0.2, 0) is 10.9 Å². The van der Waals surface area contributed by atoms with Gasteiger partial charge in [-0.3, -0.25) is 0 Å². The first-order chi connectivity index (χ1) is 13.3. The zero-order valence-corrected chi connectivity index (χ0v) is 15.0. The highest BCUT2D eigenvalue weighted by molar-refractivity contribution is 5.68. The van der Waals surface area contributed by atoms with E-state index in [9.17, 15) is 22.4 Å². The van der Waals surface area contributed by atoms with E-state index in [0.717, 1.165) is 18.2 Å². The van der Waals surface area contributed by atoms with Crippen LogP contribution in [0.2, 0.25) is 0 Å². The number of anilines is 1. The minimum Gasteiger partial charge on any atom is -0.450 e. The van der Waals surface area contributed by atoms with Gasteiger partial charge in [0.2, 0.25) is 5.95 Å². The molecule has 1 aromatic carbocycles. The van der Waals surface area contributed by atoms with Gasteiger partial charge >= 0.3 is 12.3 Å². The van der Waals surface area contributed by atoms with Crippen molar-refractivity contribution in [2.75, 3.05) is 37.7 Å². The SMILES string of the molecule is CCOC(=O)N1CCN(c2nc(-c3ccc(F)cc3)cc(C(F)(F)F)n2)CC1. The summed E-state index contributed by atoms with van der Waals surface area (Å²) in [5, 5.41) is 0. The molecule has 2 heterocycles. The van der Waals surface area contributed by atoms with Crippen LogP contribution in [0, 0.1) is 5.82 Å². The van der Waals surface area contributed by atoms with Crippen LogP contribution >= 0.6 is 0 Å². The predicted molar refractivity (Wildman–Crippen MR) is 93.2 cm³/mol. The second-order valence-corrected chi connectivity index (χ2v) is 6.12. The quantitative estimate of drug-likeness (QED) is 0.740. The Morgan fingerprint density at radius 2 is 1.75 bits per heavy atom. The van der Waals surface area contributed by atoms with E-state index in [0.29, 0.717) is 5.56 Å². The summed E-state index contributed by atoms with van der Waals surface area (Å²) in [7, 11) is 0. The van der Waals surface area contributed by atoms with Crippen molar-refractivity contribution in [1.29, 1.82) is 0 Å². The average molecular weight is 398 g/mol. The first-order valence-corrected chi connectivity index (χ1v) is 8.67. The maximum absolute atomic E-state index is 13.3. The van der Waals surface area contributed by atoms with E-state index < -0.39 is 23.8 Å². The van der Waals surface area contributed by atoms with Gasteiger partial charge in [-0.2, -0.15) is 13.2 Å².